The van der Waals surface area contributed by atoms with E-state index in [-0.39, 0.29) is 11.7 Å². The second-order valence-corrected chi connectivity index (χ2v) is 3.40. The molecule has 0 aliphatic rings. The summed E-state index contributed by atoms with van der Waals surface area (Å²) in [6.07, 6.45) is 3.89. The van der Waals surface area contributed by atoms with Crippen molar-refractivity contribution in [2.24, 2.45) is 0 Å². The highest BCUT2D eigenvalue weighted by atomic mass is 16.1. The zero-order chi connectivity index (χ0) is 10.0. The standard InChI is InChI=1S/C10H16N2O/c1-5-6-9-8(4)11-10(13)12(9)7(2)3/h5-7H,1-4H3,(H,11,13). The number of hydrogen-bond acceptors (Lipinski definition) is 1. The maximum Gasteiger partial charge on any atom is 0.326 e. The van der Waals surface area contributed by atoms with Gasteiger partial charge in [-0.15, -0.1) is 0 Å². The van der Waals surface area contributed by atoms with Gasteiger partial charge < -0.3 is 4.98 Å². The van der Waals surface area contributed by atoms with Crippen LogP contribution in [-0.2, 0) is 0 Å². The molecule has 3 heteroatoms. The molecule has 0 spiro atoms. The van der Waals surface area contributed by atoms with Crippen molar-refractivity contribution in [3.63, 3.8) is 0 Å². The second-order valence-electron chi connectivity index (χ2n) is 3.40. The first-order valence-corrected chi connectivity index (χ1v) is 4.51. The highest BCUT2D eigenvalue weighted by Crippen LogP contribution is 2.11. The van der Waals surface area contributed by atoms with E-state index in [1.165, 1.54) is 0 Å². The average Bonchev–Trinajstić information content (AvgIpc) is 2.27. The zero-order valence-corrected chi connectivity index (χ0v) is 8.59. The van der Waals surface area contributed by atoms with Crippen molar-refractivity contribution in [3.8, 4) is 0 Å². The molecule has 0 unspecified atom stereocenters. The first kappa shape index (κ1) is 9.84. The van der Waals surface area contributed by atoms with Crippen molar-refractivity contribution in [1.29, 1.82) is 0 Å². The third-order valence-electron chi connectivity index (χ3n) is 2.00. The fourth-order valence-corrected chi connectivity index (χ4v) is 1.45. The van der Waals surface area contributed by atoms with Crippen molar-refractivity contribution in [2.45, 2.75) is 33.7 Å². The molecule has 0 saturated carbocycles. The molecule has 0 fully saturated rings. The molecule has 1 aromatic rings. The summed E-state index contributed by atoms with van der Waals surface area (Å²) in [6.45, 7) is 7.86. The van der Waals surface area contributed by atoms with Gasteiger partial charge in [-0.25, -0.2) is 4.79 Å². The van der Waals surface area contributed by atoms with E-state index in [1.807, 2.05) is 39.8 Å². The molecule has 1 heterocycles. The molecule has 0 saturated heterocycles. The Bertz CT molecular complexity index is 369. The third-order valence-corrected chi connectivity index (χ3v) is 2.00. The van der Waals surface area contributed by atoms with Crippen molar-refractivity contribution in [3.05, 3.63) is 27.9 Å². The van der Waals surface area contributed by atoms with Crippen LogP contribution < -0.4 is 5.69 Å². The smallest absolute Gasteiger partial charge is 0.310 e. The Balaban J connectivity index is 3.38. The molecule has 0 amide bonds. The van der Waals surface area contributed by atoms with Crippen LogP contribution in [0, 0.1) is 6.92 Å². The molecule has 0 radical (unpaired) electrons. The largest absolute Gasteiger partial charge is 0.326 e. The van der Waals surface area contributed by atoms with Gasteiger partial charge in [0.25, 0.3) is 0 Å². The highest BCUT2D eigenvalue weighted by Gasteiger charge is 2.09. The summed E-state index contributed by atoms with van der Waals surface area (Å²) >= 11 is 0. The lowest BCUT2D eigenvalue weighted by atomic mass is 10.3. The van der Waals surface area contributed by atoms with Crippen molar-refractivity contribution >= 4 is 6.08 Å². The number of aromatic amines is 1. The van der Waals surface area contributed by atoms with Crippen LogP contribution in [0.15, 0.2) is 10.9 Å². The third kappa shape index (κ3) is 1.74. The Morgan fingerprint density at radius 1 is 1.46 bits per heavy atom. The molecular formula is C10H16N2O. The van der Waals surface area contributed by atoms with E-state index in [2.05, 4.69) is 4.98 Å². The molecule has 13 heavy (non-hydrogen) atoms. The highest BCUT2D eigenvalue weighted by molar-refractivity contribution is 5.47. The van der Waals surface area contributed by atoms with Crippen LogP contribution >= 0.6 is 0 Å². The van der Waals surface area contributed by atoms with E-state index in [1.54, 1.807) is 4.57 Å². The van der Waals surface area contributed by atoms with Gasteiger partial charge in [-0.3, -0.25) is 4.57 Å². The zero-order valence-electron chi connectivity index (χ0n) is 8.59. The number of H-pyrrole nitrogens is 1. The van der Waals surface area contributed by atoms with Crippen LogP contribution in [0.3, 0.4) is 0 Å². The van der Waals surface area contributed by atoms with Gasteiger partial charge in [-0.05, 0) is 33.8 Å². The summed E-state index contributed by atoms with van der Waals surface area (Å²) in [5.41, 5.74) is 1.87. The van der Waals surface area contributed by atoms with E-state index in [0.29, 0.717) is 0 Å². The van der Waals surface area contributed by atoms with Gasteiger partial charge in [-0.1, -0.05) is 6.08 Å². The topological polar surface area (TPSA) is 37.8 Å². The van der Waals surface area contributed by atoms with Gasteiger partial charge in [0.1, 0.15) is 0 Å². The van der Waals surface area contributed by atoms with Crippen LogP contribution in [0.4, 0.5) is 0 Å². The second kappa shape index (κ2) is 3.64. The van der Waals surface area contributed by atoms with Crippen LogP contribution in [0.5, 0.6) is 0 Å². The molecule has 72 valence electrons. The monoisotopic (exact) mass is 180 g/mol. The van der Waals surface area contributed by atoms with E-state index in [9.17, 15) is 4.79 Å². The van der Waals surface area contributed by atoms with E-state index in [4.69, 9.17) is 0 Å². The number of aromatic nitrogens is 2. The van der Waals surface area contributed by atoms with Crippen molar-refractivity contribution in [1.82, 2.24) is 9.55 Å². The quantitative estimate of drug-likeness (QED) is 0.743. The lowest BCUT2D eigenvalue weighted by Gasteiger charge is -2.07. The van der Waals surface area contributed by atoms with Crippen molar-refractivity contribution < 1.29 is 0 Å². The molecule has 1 N–H and O–H groups in total. The molecule has 0 aliphatic heterocycles. The number of nitrogens with one attached hydrogen (secondary N) is 1. The summed E-state index contributed by atoms with van der Waals surface area (Å²) in [4.78, 5) is 14.2. The number of hydrogen-bond donors (Lipinski definition) is 1. The van der Waals surface area contributed by atoms with Gasteiger partial charge in [0.15, 0.2) is 0 Å². The number of imidazole rings is 1. The van der Waals surface area contributed by atoms with Crippen LogP contribution in [0.2, 0.25) is 0 Å². The summed E-state index contributed by atoms with van der Waals surface area (Å²) in [7, 11) is 0. The average molecular weight is 180 g/mol. The van der Waals surface area contributed by atoms with E-state index in [0.717, 1.165) is 11.4 Å². The van der Waals surface area contributed by atoms with Crippen LogP contribution in [0.1, 0.15) is 38.2 Å². The van der Waals surface area contributed by atoms with Crippen LogP contribution in [0.25, 0.3) is 6.08 Å². The Morgan fingerprint density at radius 3 is 2.54 bits per heavy atom. The summed E-state index contributed by atoms with van der Waals surface area (Å²) < 4.78 is 1.76. The van der Waals surface area contributed by atoms with Crippen LogP contribution in [-0.4, -0.2) is 9.55 Å². The summed E-state index contributed by atoms with van der Waals surface area (Å²) in [6, 6.07) is 0.198. The Labute approximate surface area is 78.1 Å². The minimum Gasteiger partial charge on any atom is -0.310 e. The SMILES string of the molecule is CC=Cc1c(C)[nH]c(=O)n1C(C)C. The number of nitrogens with zero attached hydrogens (tertiary/aromatic N) is 1. The summed E-state index contributed by atoms with van der Waals surface area (Å²) in [5, 5.41) is 0. The maximum absolute atomic E-state index is 11.5. The van der Waals surface area contributed by atoms with E-state index >= 15 is 0 Å². The fraction of sp³-hybridized carbons (Fsp3) is 0.500. The molecule has 3 nitrogen and oxygen atoms in total. The normalized spacial score (nSPS) is 11.8. The fourth-order valence-electron chi connectivity index (χ4n) is 1.45. The molecular weight excluding hydrogens is 164 g/mol. The number of rotatable bonds is 2. The molecule has 0 atom stereocenters. The van der Waals surface area contributed by atoms with Gasteiger partial charge in [0.2, 0.25) is 0 Å². The Hall–Kier alpha value is -1.25. The minimum atomic E-state index is -0.0272. The molecule has 0 bridgehead atoms. The molecule has 0 aliphatic carbocycles. The summed E-state index contributed by atoms with van der Waals surface area (Å²) in [5.74, 6) is 0. The Morgan fingerprint density at radius 2 is 2.08 bits per heavy atom. The lowest BCUT2D eigenvalue weighted by Crippen LogP contribution is -2.19. The molecule has 1 rings (SSSR count). The predicted molar refractivity (Wildman–Crippen MR) is 54.9 cm³/mol. The van der Waals surface area contributed by atoms with Gasteiger partial charge >= 0.3 is 5.69 Å². The molecule has 0 aromatic carbocycles. The van der Waals surface area contributed by atoms with Gasteiger partial charge in [0, 0.05) is 11.7 Å². The Kier molecular flexibility index (Phi) is 2.76. The first-order valence-electron chi connectivity index (χ1n) is 4.51. The molecule has 1 aromatic heterocycles. The lowest BCUT2D eigenvalue weighted by molar-refractivity contribution is 0.576. The van der Waals surface area contributed by atoms with Gasteiger partial charge in [0.05, 0.1) is 5.69 Å². The van der Waals surface area contributed by atoms with Crippen molar-refractivity contribution in [2.75, 3.05) is 0 Å². The first-order chi connectivity index (χ1) is 6.07. The van der Waals surface area contributed by atoms with E-state index < -0.39 is 0 Å². The number of aryl methyl sites for hydroxylation is 1. The number of allylic oxidation sites excluding steroid dienone is 1. The minimum absolute atomic E-state index is 0.0272. The maximum atomic E-state index is 11.5. The van der Waals surface area contributed by atoms with Gasteiger partial charge in [-0.2, -0.15) is 0 Å². The predicted octanol–water partition coefficient (Wildman–Crippen LogP) is 2.10.